The highest BCUT2D eigenvalue weighted by atomic mass is 127. The van der Waals surface area contributed by atoms with Gasteiger partial charge in [0.1, 0.15) is 12.4 Å². The van der Waals surface area contributed by atoms with E-state index in [1.54, 1.807) is 7.11 Å². The van der Waals surface area contributed by atoms with Crippen molar-refractivity contribution >= 4 is 22.6 Å². The van der Waals surface area contributed by atoms with Crippen molar-refractivity contribution in [1.29, 1.82) is 0 Å². The minimum absolute atomic E-state index is 0.529. The van der Waals surface area contributed by atoms with Gasteiger partial charge in [-0.05, 0) is 77.2 Å². The van der Waals surface area contributed by atoms with E-state index in [-0.39, 0.29) is 0 Å². The maximum Gasteiger partial charge on any atom is 0.218 e. The Hall–Kier alpha value is -2.12. The second-order valence-corrected chi connectivity index (χ2v) is 8.90. The van der Waals surface area contributed by atoms with Crippen molar-refractivity contribution in [2.24, 2.45) is 0 Å². The zero-order valence-corrected chi connectivity index (χ0v) is 19.9. The fourth-order valence-electron chi connectivity index (χ4n) is 4.01. The number of methoxy groups -OCH3 is 1. The van der Waals surface area contributed by atoms with Crippen molar-refractivity contribution < 1.29 is 9.47 Å². The van der Waals surface area contributed by atoms with Gasteiger partial charge in [0.15, 0.2) is 0 Å². The minimum atomic E-state index is 0.529. The predicted molar refractivity (Wildman–Crippen MR) is 128 cm³/mol. The van der Waals surface area contributed by atoms with Crippen molar-refractivity contribution in [2.45, 2.75) is 40.0 Å². The molecule has 30 heavy (non-hydrogen) atoms. The number of aromatic nitrogens is 1. The third-order valence-electron chi connectivity index (χ3n) is 5.64. The molecule has 3 aromatic rings. The fraction of sp³-hybridized carbons (Fsp3) is 0.320. The first-order valence-corrected chi connectivity index (χ1v) is 11.3. The fourth-order valence-corrected chi connectivity index (χ4v) is 4.93. The summed E-state index contributed by atoms with van der Waals surface area (Å²) in [6.07, 6.45) is 1.05. The van der Waals surface area contributed by atoms with E-state index in [0.29, 0.717) is 6.61 Å². The summed E-state index contributed by atoms with van der Waals surface area (Å²) in [4.78, 5) is 7.22. The van der Waals surface area contributed by atoms with Gasteiger partial charge in [0.25, 0.3) is 0 Å². The Morgan fingerprint density at radius 1 is 1.10 bits per heavy atom. The quantitative estimate of drug-likeness (QED) is 0.410. The molecule has 1 aliphatic rings. The van der Waals surface area contributed by atoms with Crippen molar-refractivity contribution in [3.63, 3.8) is 0 Å². The van der Waals surface area contributed by atoms with E-state index >= 15 is 0 Å². The summed E-state index contributed by atoms with van der Waals surface area (Å²) in [6.45, 7) is 7.48. The van der Waals surface area contributed by atoms with Crippen LogP contribution in [0.1, 0.15) is 33.5 Å². The van der Waals surface area contributed by atoms with E-state index in [1.807, 2.05) is 25.1 Å². The molecule has 2 aromatic carbocycles. The highest BCUT2D eigenvalue weighted by Crippen LogP contribution is 2.32. The molecule has 1 aromatic heterocycles. The zero-order valence-electron chi connectivity index (χ0n) is 17.7. The van der Waals surface area contributed by atoms with Crippen LogP contribution < -0.4 is 9.47 Å². The van der Waals surface area contributed by atoms with Crippen molar-refractivity contribution in [3.8, 4) is 11.6 Å². The van der Waals surface area contributed by atoms with Crippen molar-refractivity contribution in [2.75, 3.05) is 13.7 Å². The van der Waals surface area contributed by atoms with E-state index in [2.05, 4.69) is 64.7 Å². The van der Waals surface area contributed by atoms with Crippen LogP contribution in [0.25, 0.3) is 0 Å². The Balaban J connectivity index is 1.56. The van der Waals surface area contributed by atoms with Crippen LogP contribution in [0.4, 0.5) is 0 Å². The monoisotopic (exact) mass is 514 g/mol. The lowest BCUT2D eigenvalue weighted by molar-refractivity contribution is 0.231. The first-order chi connectivity index (χ1) is 14.5. The van der Waals surface area contributed by atoms with Gasteiger partial charge >= 0.3 is 0 Å². The lowest BCUT2D eigenvalue weighted by Crippen LogP contribution is -2.31. The second-order valence-electron chi connectivity index (χ2n) is 7.82. The number of pyridine rings is 1. The maximum atomic E-state index is 6.20. The van der Waals surface area contributed by atoms with Gasteiger partial charge < -0.3 is 9.47 Å². The summed E-state index contributed by atoms with van der Waals surface area (Å²) in [7, 11) is 1.74. The van der Waals surface area contributed by atoms with Gasteiger partial charge in [-0.25, -0.2) is 4.98 Å². The highest BCUT2D eigenvalue weighted by molar-refractivity contribution is 14.1. The molecule has 0 unspecified atom stereocenters. The van der Waals surface area contributed by atoms with Gasteiger partial charge in [-0.15, -0.1) is 0 Å². The van der Waals surface area contributed by atoms with Gasteiger partial charge in [-0.3, -0.25) is 4.90 Å². The molecule has 0 N–H and O–H groups in total. The Labute approximate surface area is 192 Å². The zero-order chi connectivity index (χ0) is 21.1. The molecular weight excluding hydrogens is 487 g/mol. The highest BCUT2D eigenvalue weighted by Gasteiger charge is 2.22. The number of rotatable bonds is 6. The SMILES string of the molecule is COc1ccc2c(c1I)CN(Cc1c(C)cc(C)nc1OCc1ccccc1)CC2. The van der Waals surface area contributed by atoms with Gasteiger partial charge in [0.2, 0.25) is 5.88 Å². The van der Waals surface area contributed by atoms with Crippen LogP contribution in [-0.2, 0) is 26.1 Å². The van der Waals surface area contributed by atoms with Crippen LogP contribution in [0, 0.1) is 17.4 Å². The summed E-state index contributed by atoms with van der Waals surface area (Å²) in [5.74, 6) is 1.71. The lowest BCUT2D eigenvalue weighted by atomic mass is 9.98. The number of fused-ring (bicyclic) bond motifs is 1. The molecule has 156 valence electrons. The van der Waals surface area contributed by atoms with Gasteiger partial charge in [0, 0.05) is 30.9 Å². The first kappa shape index (κ1) is 21.1. The molecule has 4 nitrogen and oxygen atoms in total. The predicted octanol–water partition coefficient (Wildman–Crippen LogP) is 5.45. The average Bonchev–Trinajstić information content (AvgIpc) is 2.75. The van der Waals surface area contributed by atoms with Crippen molar-refractivity contribution in [3.05, 3.63) is 85.6 Å². The van der Waals surface area contributed by atoms with E-state index in [4.69, 9.17) is 14.5 Å². The van der Waals surface area contributed by atoms with E-state index in [0.717, 1.165) is 48.9 Å². The Morgan fingerprint density at radius 2 is 1.90 bits per heavy atom. The van der Waals surface area contributed by atoms with Crippen LogP contribution in [0.2, 0.25) is 0 Å². The molecule has 2 heterocycles. The molecular formula is C25H27IN2O2. The van der Waals surface area contributed by atoms with Crippen molar-refractivity contribution in [1.82, 2.24) is 9.88 Å². The largest absolute Gasteiger partial charge is 0.496 e. The first-order valence-electron chi connectivity index (χ1n) is 10.3. The number of aryl methyl sites for hydroxylation is 2. The molecule has 0 radical (unpaired) electrons. The number of benzene rings is 2. The Bertz CT molecular complexity index is 1040. The van der Waals surface area contributed by atoms with Crippen LogP contribution >= 0.6 is 22.6 Å². The van der Waals surface area contributed by atoms with Crippen LogP contribution in [0.5, 0.6) is 11.6 Å². The molecule has 0 fully saturated rings. The summed E-state index contributed by atoms with van der Waals surface area (Å²) in [6, 6.07) is 16.7. The van der Waals surface area contributed by atoms with E-state index in [9.17, 15) is 0 Å². The molecule has 0 aliphatic carbocycles. The summed E-state index contributed by atoms with van der Waals surface area (Å²) < 4.78 is 12.9. The third kappa shape index (κ3) is 4.62. The van der Waals surface area contributed by atoms with Crippen LogP contribution in [0.15, 0.2) is 48.5 Å². The molecule has 0 atom stereocenters. The molecule has 0 saturated heterocycles. The van der Waals surface area contributed by atoms with Crippen LogP contribution in [0.3, 0.4) is 0 Å². The molecule has 5 heteroatoms. The standard InChI is InChI=1S/C25H27IN2O2/c1-17-13-18(2)27-25(30-16-19-7-5-4-6-8-19)21(17)14-28-12-11-20-9-10-23(29-3)24(26)22(20)15-28/h4-10,13H,11-12,14-16H2,1-3H3. The summed E-state index contributed by atoms with van der Waals surface area (Å²) >= 11 is 2.41. The maximum absolute atomic E-state index is 6.20. The van der Waals surface area contributed by atoms with E-state index in [1.165, 1.54) is 25.8 Å². The molecule has 1 aliphatic heterocycles. The molecule has 0 saturated carbocycles. The molecule has 0 spiro atoms. The number of halogens is 1. The number of ether oxygens (including phenoxy) is 2. The average molecular weight is 514 g/mol. The third-order valence-corrected chi connectivity index (χ3v) is 6.82. The Morgan fingerprint density at radius 3 is 2.67 bits per heavy atom. The van der Waals surface area contributed by atoms with Gasteiger partial charge in [-0.2, -0.15) is 0 Å². The summed E-state index contributed by atoms with van der Waals surface area (Å²) in [5.41, 5.74) is 7.36. The normalized spacial score (nSPS) is 13.7. The van der Waals surface area contributed by atoms with Crippen LogP contribution in [-0.4, -0.2) is 23.5 Å². The van der Waals surface area contributed by atoms with Gasteiger partial charge in [0.05, 0.1) is 10.7 Å². The number of nitrogens with zero attached hydrogens (tertiary/aromatic N) is 2. The second kappa shape index (κ2) is 9.35. The Kier molecular flexibility index (Phi) is 6.58. The molecule has 0 bridgehead atoms. The van der Waals surface area contributed by atoms with E-state index < -0.39 is 0 Å². The number of hydrogen-bond donors (Lipinski definition) is 0. The topological polar surface area (TPSA) is 34.6 Å². The summed E-state index contributed by atoms with van der Waals surface area (Å²) in [5, 5.41) is 0. The molecule has 4 rings (SSSR count). The molecule has 0 amide bonds. The number of hydrogen-bond acceptors (Lipinski definition) is 4. The smallest absolute Gasteiger partial charge is 0.218 e. The minimum Gasteiger partial charge on any atom is -0.496 e. The van der Waals surface area contributed by atoms with Gasteiger partial charge in [-0.1, -0.05) is 36.4 Å². The lowest BCUT2D eigenvalue weighted by Gasteiger charge is -2.31.